The molecule has 4 aromatic rings. The first-order valence-electron chi connectivity index (χ1n) is 12.6. The van der Waals surface area contributed by atoms with Crippen molar-refractivity contribution in [3.8, 4) is 16.9 Å². The summed E-state index contributed by atoms with van der Waals surface area (Å²) in [7, 11) is 5.91. The Kier molecular flexibility index (Phi) is 6.57. The van der Waals surface area contributed by atoms with Gasteiger partial charge in [-0.15, -0.1) is 10.2 Å². The van der Waals surface area contributed by atoms with Crippen LogP contribution >= 0.6 is 0 Å². The highest BCUT2D eigenvalue weighted by molar-refractivity contribution is 6.02. The number of nitrogens with zero attached hydrogens (tertiary/aromatic N) is 5. The topological polar surface area (TPSA) is 74.4 Å². The van der Waals surface area contributed by atoms with E-state index < -0.39 is 0 Å². The molecule has 0 unspecified atom stereocenters. The zero-order valence-corrected chi connectivity index (χ0v) is 21.8. The predicted octanol–water partition coefficient (Wildman–Crippen LogP) is 4.27. The third-order valence-corrected chi connectivity index (χ3v) is 7.20. The zero-order chi connectivity index (χ0) is 25.4. The van der Waals surface area contributed by atoms with Crippen molar-refractivity contribution in [2.45, 2.75) is 32.7 Å². The maximum Gasteiger partial charge on any atom is 0.330 e. The number of hydrogen-bond acceptors (Lipinski definition) is 6. The highest BCUT2D eigenvalue weighted by Gasteiger charge is 2.37. The molecule has 3 heterocycles. The second kappa shape index (κ2) is 9.67. The molecule has 190 valence electrons. The van der Waals surface area contributed by atoms with Gasteiger partial charge in [0.15, 0.2) is 5.65 Å². The van der Waals surface area contributed by atoms with Crippen molar-refractivity contribution in [3.63, 3.8) is 0 Å². The van der Waals surface area contributed by atoms with Crippen molar-refractivity contribution >= 4 is 22.1 Å². The second-order valence-corrected chi connectivity index (χ2v) is 10.7. The Bertz CT molecular complexity index is 1440. The molecule has 36 heavy (non-hydrogen) atoms. The molecule has 0 spiro atoms. The summed E-state index contributed by atoms with van der Waals surface area (Å²) in [6, 6.07) is 14.4. The highest BCUT2D eigenvalue weighted by atomic mass is 16.5. The van der Waals surface area contributed by atoms with Gasteiger partial charge in [0.2, 0.25) is 0 Å². The standard InChI is InChI=1S/C28H35N5O3/c1-28(2)18-35-16-13-24(28)33-25-22-17-20(9-12-23(22)29-30-26(25)32(5)27(33)34)19-7-10-21(11-8-19)36-15-6-14-31(3)4/h7-12,17,24H,6,13-16,18H2,1-5H3/t24-/m1/s1. The van der Waals surface area contributed by atoms with Crippen LogP contribution in [0.3, 0.4) is 0 Å². The minimum atomic E-state index is -0.175. The Morgan fingerprint density at radius 3 is 2.58 bits per heavy atom. The first kappa shape index (κ1) is 24.5. The highest BCUT2D eigenvalue weighted by Crippen LogP contribution is 2.39. The number of hydrogen-bond donors (Lipinski definition) is 0. The molecule has 5 rings (SSSR count). The van der Waals surface area contributed by atoms with Gasteiger partial charge in [0, 0.05) is 37.0 Å². The minimum absolute atomic E-state index is 0.0161. The molecule has 1 aliphatic rings. The quantitative estimate of drug-likeness (QED) is 0.361. The van der Waals surface area contributed by atoms with E-state index in [-0.39, 0.29) is 17.1 Å². The third-order valence-electron chi connectivity index (χ3n) is 7.20. The van der Waals surface area contributed by atoms with Crippen LogP contribution in [0.1, 0.15) is 32.7 Å². The summed E-state index contributed by atoms with van der Waals surface area (Å²) in [4.78, 5) is 15.6. The molecule has 0 radical (unpaired) electrons. The van der Waals surface area contributed by atoms with Crippen LogP contribution in [-0.2, 0) is 11.8 Å². The van der Waals surface area contributed by atoms with Gasteiger partial charge in [0.05, 0.1) is 18.7 Å². The van der Waals surface area contributed by atoms with Crippen molar-refractivity contribution in [1.29, 1.82) is 0 Å². The molecule has 0 aliphatic carbocycles. The first-order valence-corrected chi connectivity index (χ1v) is 12.6. The van der Waals surface area contributed by atoms with E-state index in [0.717, 1.165) is 52.7 Å². The molecular formula is C28H35N5O3. The van der Waals surface area contributed by atoms with Gasteiger partial charge in [-0.3, -0.25) is 9.13 Å². The molecule has 0 N–H and O–H groups in total. The van der Waals surface area contributed by atoms with Crippen LogP contribution in [0.4, 0.5) is 0 Å². The van der Waals surface area contributed by atoms with Crippen LogP contribution < -0.4 is 10.4 Å². The number of rotatable bonds is 7. The van der Waals surface area contributed by atoms with Gasteiger partial charge < -0.3 is 14.4 Å². The minimum Gasteiger partial charge on any atom is -0.494 e. The van der Waals surface area contributed by atoms with Crippen LogP contribution in [0.2, 0.25) is 0 Å². The number of aryl methyl sites for hydroxylation is 1. The molecule has 1 saturated heterocycles. The van der Waals surface area contributed by atoms with Crippen LogP contribution in [0.15, 0.2) is 47.3 Å². The average Bonchev–Trinajstić information content (AvgIpc) is 3.12. The van der Waals surface area contributed by atoms with Gasteiger partial charge in [0.25, 0.3) is 0 Å². The molecule has 1 aliphatic heterocycles. The third kappa shape index (κ3) is 4.51. The fourth-order valence-corrected chi connectivity index (χ4v) is 5.17. The fraction of sp³-hybridized carbons (Fsp3) is 0.464. The number of benzene rings is 2. The molecular weight excluding hydrogens is 454 g/mol. The first-order chi connectivity index (χ1) is 17.3. The zero-order valence-electron chi connectivity index (χ0n) is 21.8. The van der Waals surface area contributed by atoms with Crippen LogP contribution in [0.5, 0.6) is 5.75 Å². The van der Waals surface area contributed by atoms with E-state index in [2.05, 4.69) is 67.3 Å². The lowest BCUT2D eigenvalue weighted by Gasteiger charge is -2.38. The summed E-state index contributed by atoms with van der Waals surface area (Å²) in [6.45, 7) is 7.28. The van der Waals surface area contributed by atoms with E-state index in [1.54, 1.807) is 11.6 Å². The molecule has 2 aromatic carbocycles. The Morgan fingerprint density at radius 2 is 1.86 bits per heavy atom. The SMILES string of the molecule is CN(C)CCCOc1ccc(-c2ccc3nnc4c(c3c2)n([C@@H]2CCOCC2(C)C)c(=O)n4C)cc1. The second-order valence-electron chi connectivity index (χ2n) is 10.7. The van der Waals surface area contributed by atoms with Crippen molar-refractivity contribution in [3.05, 3.63) is 52.9 Å². The molecule has 0 saturated carbocycles. The van der Waals surface area contributed by atoms with Crippen LogP contribution in [-0.4, -0.2) is 64.7 Å². The molecule has 8 nitrogen and oxygen atoms in total. The lowest BCUT2D eigenvalue weighted by molar-refractivity contribution is -0.0253. The van der Waals surface area contributed by atoms with Gasteiger partial charge in [-0.2, -0.15) is 0 Å². The Hall–Kier alpha value is -3.23. The van der Waals surface area contributed by atoms with E-state index in [4.69, 9.17) is 9.47 Å². The van der Waals surface area contributed by atoms with E-state index >= 15 is 0 Å². The van der Waals surface area contributed by atoms with Crippen molar-refractivity contribution in [2.24, 2.45) is 12.5 Å². The van der Waals surface area contributed by atoms with Crippen molar-refractivity contribution in [1.82, 2.24) is 24.2 Å². The van der Waals surface area contributed by atoms with Gasteiger partial charge in [-0.25, -0.2) is 4.79 Å². The van der Waals surface area contributed by atoms with E-state index in [9.17, 15) is 4.79 Å². The summed E-state index contributed by atoms with van der Waals surface area (Å²) < 4.78 is 15.2. The summed E-state index contributed by atoms with van der Waals surface area (Å²) in [6.07, 6.45) is 1.77. The Balaban J connectivity index is 1.54. The predicted molar refractivity (Wildman–Crippen MR) is 143 cm³/mol. The van der Waals surface area contributed by atoms with Crippen molar-refractivity contribution in [2.75, 3.05) is 40.5 Å². The molecule has 8 heteroatoms. The van der Waals surface area contributed by atoms with Gasteiger partial charge in [-0.1, -0.05) is 32.0 Å². The lowest BCUT2D eigenvalue weighted by atomic mass is 9.81. The molecule has 1 atom stereocenters. The summed E-state index contributed by atoms with van der Waals surface area (Å²) in [5.74, 6) is 0.866. The number of fused-ring (bicyclic) bond motifs is 3. The van der Waals surface area contributed by atoms with Crippen LogP contribution in [0, 0.1) is 5.41 Å². The van der Waals surface area contributed by atoms with E-state index in [0.29, 0.717) is 25.5 Å². The maximum absolute atomic E-state index is 13.5. The molecule has 2 aromatic heterocycles. The largest absolute Gasteiger partial charge is 0.494 e. The summed E-state index contributed by atoms with van der Waals surface area (Å²) >= 11 is 0. The van der Waals surface area contributed by atoms with Gasteiger partial charge in [-0.05, 0) is 62.3 Å². The molecule has 1 fully saturated rings. The van der Waals surface area contributed by atoms with E-state index in [1.807, 2.05) is 22.8 Å². The number of aromatic nitrogens is 4. The molecule has 0 bridgehead atoms. The maximum atomic E-state index is 13.5. The summed E-state index contributed by atoms with van der Waals surface area (Å²) in [5, 5.41) is 9.80. The monoisotopic (exact) mass is 489 g/mol. The lowest BCUT2D eigenvalue weighted by Crippen LogP contribution is -2.41. The number of ether oxygens (including phenoxy) is 2. The van der Waals surface area contributed by atoms with E-state index in [1.165, 1.54) is 0 Å². The number of imidazole rings is 1. The van der Waals surface area contributed by atoms with Crippen molar-refractivity contribution < 1.29 is 9.47 Å². The normalized spacial score (nSPS) is 17.8. The van der Waals surface area contributed by atoms with Gasteiger partial charge >= 0.3 is 5.69 Å². The van der Waals surface area contributed by atoms with Crippen LogP contribution in [0.25, 0.3) is 33.2 Å². The Labute approximate surface area is 211 Å². The summed E-state index contributed by atoms with van der Waals surface area (Å²) in [5.41, 5.74) is 4.13. The average molecular weight is 490 g/mol. The Morgan fingerprint density at radius 1 is 1.11 bits per heavy atom. The fourth-order valence-electron chi connectivity index (χ4n) is 5.17. The molecule has 0 amide bonds. The van der Waals surface area contributed by atoms with Gasteiger partial charge in [0.1, 0.15) is 11.3 Å². The smallest absolute Gasteiger partial charge is 0.330 e.